The number of hydrogen-bond donors (Lipinski definition) is 2. The molecular weight excluding hydrogens is 264 g/mol. The number of likely N-dealkylation sites (tertiary alicyclic amines) is 1. The number of nitrogens with zero attached hydrogens (tertiary/aromatic N) is 4. The van der Waals surface area contributed by atoms with Crippen molar-refractivity contribution >= 4 is 17.3 Å². The summed E-state index contributed by atoms with van der Waals surface area (Å²) < 4.78 is 2.00. The highest BCUT2D eigenvalue weighted by atomic mass is 15.2. The van der Waals surface area contributed by atoms with Gasteiger partial charge in [0.15, 0.2) is 11.5 Å². The van der Waals surface area contributed by atoms with Crippen LogP contribution in [0.3, 0.4) is 0 Å². The Hall–Kier alpha value is -1.82. The van der Waals surface area contributed by atoms with E-state index in [2.05, 4.69) is 39.3 Å². The van der Waals surface area contributed by atoms with Gasteiger partial charge in [-0.15, -0.1) is 0 Å². The van der Waals surface area contributed by atoms with Gasteiger partial charge >= 0.3 is 0 Å². The Labute approximate surface area is 125 Å². The maximum Gasteiger partial charge on any atom is 0.180 e. The monoisotopic (exact) mass is 288 g/mol. The molecule has 3 rings (SSSR count). The largest absolute Gasteiger partial charge is 0.372 e. The van der Waals surface area contributed by atoms with Crippen molar-refractivity contribution in [3.63, 3.8) is 0 Å². The van der Waals surface area contributed by atoms with Gasteiger partial charge in [0.1, 0.15) is 5.82 Å². The molecule has 21 heavy (non-hydrogen) atoms. The van der Waals surface area contributed by atoms with Crippen molar-refractivity contribution < 1.29 is 0 Å². The summed E-state index contributed by atoms with van der Waals surface area (Å²) in [6, 6.07) is 0.639. The van der Waals surface area contributed by atoms with Gasteiger partial charge in [-0.1, -0.05) is 0 Å². The van der Waals surface area contributed by atoms with Gasteiger partial charge in [-0.2, -0.15) is 0 Å². The maximum atomic E-state index is 4.59. The van der Waals surface area contributed by atoms with E-state index in [9.17, 15) is 0 Å². The molecule has 1 unspecified atom stereocenters. The van der Waals surface area contributed by atoms with E-state index in [-0.39, 0.29) is 0 Å². The second-order valence-electron chi connectivity index (χ2n) is 6.01. The van der Waals surface area contributed by atoms with Crippen molar-refractivity contribution in [1.29, 1.82) is 0 Å². The molecule has 3 heterocycles. The van der Waals surface area contributed by atoms with E-state index in [1.165, 1.54) is 19.5 Å². The summed E-state index contributed by atoms with van der Waals surface area (Å²) in [5, 5.41) is 6.58. The topological polar surface area (TPSA) is 57.5 Å². The number of fused-ring (bicyclic) bond motifs is 1. The van der Waals surface area contributed by atoms with Crippen molar-refractivity contribution in [2.45, 2.75) is 26.3 Å². The van der Waals surface area contributed by atoms with Gasteiger partial charge in [-0.25, -0.2) is 9.97 Å². The van der Waals surface area contributed by atoms with Crippen LogP contribution in [0.25, 0.3) is 5.65 Å². The molecule has 1 saturated heterocycles. The van der Waals surface area contributed by atoms with Crippen LogP contribution in [-0.2, 0) is 0 Å². The van der Waals surface area contributed by atoms with Crippen molar-refractivity contribution in [2.24, 2.45) is 5.92 Å². The van der Waals surface area contributed by atoms with Crippen LogP contribution in [0.5, 0.6) is 0 Å². The quantitative estimate of drug-likeness (QED) is 0.880. The summed E-state index contributed by atoms with van der Waals surface area (Å²) in [6.45, 7) is 7.85. The van der Waals surface area contributed by atoms with Gasteiger partial charge in [-0.05, 0) is 32.7 Å². The first kappa shape index (κ1) is 14.1. The lowest BCUT2D eigenvalue weighted by Crippen LogP contribution is -2.29. The fraction of sp³-hybridized carbons (Fsp3) is 0.600. The lowest BCUT2D eigenvalue weighted by atomic mass is 10.1. The first-order chi connectivity index (χ1) is 10.2. The normalized spacial score (nSPS) is 19.5. The highest BCUT2D eigenvalue weighted by molar-refractivity contribution is 5.65. The second kappa shape index (κ2) is 5.89. The minimum absolute atomic E-state index is 0.639. The number of nitrogens with one attached hydrogen (secondary N) is 2. The number of aromatic nitrogens is 3. The van der Waals surface area contributed by atoms with E-state index in [1.54, 1.807) is 6.20 Å². The van der Waals surface area contributed by atoms with Crippen LogP contribution in [-0.4, -0.2) is 52.0 Å². The smallest absolute Gasteiger partial charge is 0.180 e. The predicted octanol–water partition coefficient (Wildman–Crippen LogP) is 1.91. The first-order valence-corrected chi connectivity index (χ1v) is 7.66. The lowest BCUT2D eigenvalue weighted by molar-refractivity contribution is 0.266. The van der Waals surface area contributed by atoms with Crippen molar-refractivity contribution in [3.05, 3.63) is 18.6 Å². The third kappa shape index (κ3) is 2.95. The number of rotatable bonds is 5. The maximum absolute atomic E-state index is 4.59. The van der Waals surface area contributed by atoms with Crippen molar-refractivity contribution in [2.75, 3.05) is 37.3 Å². The molecule has 1 atom stereocenters. The van der Waals surface area contributed by atoms with E-state index in [0.717, 1.165) is 23.8 Å². The Kier molecular flexibility index (Phi) is 3.96. The summed E-state index contributed by atoms with van der Waals surface area (Å²) >= 11 is 0. The van der Waals surface area contributed by atoms with Crippen LogP contribution in [0.4, 0.5) is 11.6 Å². The van der Waals surface area contributed by atoms with Gasteiger partial charge < -0.3 is 19.9 Å². The zero-order valence-corrected chi connectivity index (χ0v) is 13.0. The Morgan fingerprint density at radius 2 is 2.29 bits per heavy atom. The van der Waals surface area contributed by atoms with Gasteiger partial charge in [0.25, 0.3) is 0 Å². The predicted molar refractivity (Wildman–Crippen MR) is 85.8 cm³/mol. The highest BCUT2D eigenvalue weighted by Crippen LogP contribution is 2.21. The SMILES string of the molecule is CNc1cn2ccnc2c(NCC2CCN(C(C)C)C2)n1. The molecular formula is C15H24N6. The molecule has 1 fully saturated rings. The molecule has 0 aliphatic carbocycles. The standard InChI is InChI=1S/C15H24N6/c1-11(2)20-6-4-12(9-20)8-18-14-15-17-5-7-21(15)10-13(16-3)19-14/h5,7,10-12,16H,4,6,8-9H2,1-3H3,(H,18,19). The minimum atomic E-state index is 0.639. The third-order valence-electron chi connectivity index (χ3n) is 4.24. The molecule has 114 valence electrons. The molecule has 0 bridgehead atoms. The number of hydrogen-bond acceptors (Lipinski definition) is 5. The molecule has 1 aliphatic rings. The van der Waals surface area contributed by atoms with Crippen LogP contribution in [0.1, 0.15) is 20.3 Å². The molecule has 2 aromatic rings. The molecule has 1 aliphatic heterocycles. The average Bonchev–Trinajstić information content (AvgIpc) is 3.13. The Morgan fingerprint density at radius 1 is 1.43 bits per heavy atom. The van der Waals surface area contributed by atoms with E-state index >= 15 is 0 Å². The molecule has 2 aromatic heterocycles. The molecule has 0 radical (unpaired) electrons. The molecule has 0 saturated carbocycles. The summed E-state index contributed by atoms with van der Waals surface area (Å²) in [4.78, 5) is 11.5. The third-order valence-corrected chi connectivity index (χ3v) is 4.24. The van der Waals surface area contributed by atoms with Crippen LogP contribution in [0.2, 0.25) is 0 Å². The minimum Gasteiger partial charge on any atom is -0.372 e. The lowest BCUT2D eigenvalue weighted by Gasteiger charge is -2.20. The van der Waals surface area contributed by atoms with Gasteiger partial charge in [-0.3, -0.25) is 0 Å². The van der Waals surface area contributed by atoms with Crippen LogP contribution in [0.15, 0.2) is 18.6 Å². The highest BCUT2D eigenvalue weighted by Gasteiger charge is 2.24. The van der Waals surface area contributed by atoms with E-state index in [1.807, 2.05) is 23.8 Å². The Bertz CT molecular complexity index is 605. The van der Waals surface area contributed by atoms with Gasteiger partial charge in [0, 0.05) is 38.6 Å². The number of imidazole rings is 1. The molecule has 0 amide bonds. The summed E-state index contributed by atoms with van der Waals surface area (Å²) in [6.07, 6.45) is 6.95. The first-order valence-electron chi connectivity index (χ1n) is 7.66. The van der Waals surface area contributed by atoms with Crippen LogP contribution >= 0.6 is 0 Å². The van der Waals surface area contributed by atoms with Crippen LogP contribution < -0.4 is 10.6 Å². The van der Waals surface area contributed by atoms with Crippen LogP contribution in [0, 0.1) is 5.92 Å². The Balaban J connectivity index is 1.69. The molecule has 0 spiro atoms. The van der Waals surface area contributed by atoms with E-state index < -0.39 is 0 Å². The van der Waals surface area contributed by atoms with E-state index in [0.29, 0.717) is 12.0 Å². The van der Waals surface area contributed by atoms with Crippen molar-refractivity contribution in [3.8, 4) is 0 Å². The second-order valence-corrected chi connectivity index (χ2v) is 6.01. The van der Waals surface area contributed by atoms with Crippen molar-refractivity contribution in [1.82, 2.24) is 19.3 Å². The number of anilines is 2. The summed E-state index contributed by atoms with van der Waals surface area (Å²) in [5.74, 6) is 2.38. The fourth-order valence-electron chi connectivity index (χ4n) is 2.91. The van der Waals surface area contributed by atoms with Gasteiger partial charge in [0.05, 0.1) is 6.20 Å². The molecule has 6 heteroatoms. The fourth-order valence-corrected chi connectivity index (χ4v) is 2.91. The molecule has 2 N–H and O–H groups in total. The van der Waals surface area contributed by atoms with E-state index in [4.69, 9.17) is 0 Å². The zero-order valence-electron chi connectivity index (χ0n) is 13.0. The summed E-state index contributed by atoms with van der Waals surface area (Å²) in [7, 11) is 1.88. The molecule has 6 nitrogen and oxygen atoms in total. The summed E-state index contributed by atoms with van der Waals surface area (Å²) in [5.41, 5.74) is 0.882. The average molecular weight is 288 g/mol. The van der Waals surface area contributed by atoms with Gasteiger partial charge in [0.2, 0.25) is 0 Å². The molecule has 0 aromatic carbocycles. The zero-order chi connectivity index (χ0) is 14.8. The Morgan fingerprint density at radius 3 is 3.00 bits per heavy atom.